The van der Waals surface area contributed by atoms with Crippen LogP contribution in [0.2, 0.25) is 0 Å². The molecular formula is C24H25N7O2. The molecule has 0 spiro atoms. The molecule has 0 saturated heterocycles. The highest BCUT2D eigenvalue weighted by Gasteiger charge is 2.27. The number of fused-ring (bicyclic) bond motifs is 2. The predicted octanol–water partition coefficient (Wildman–Crippen LogP) is 2.37. The van der Waals surface area contributed by atoms with Crippen molar-refractivity contribution in [3.63, 3.8) is 0 Å². The zero-order valence-corrected chi connectivity index (χ0v) is 18.5. The Bertz CT molecular complexity index is 1380. The molecule has 4 heterocycles. The lowest BCUT2D eigenvalue weighted by Crippen LogP contribution is -2.38. The lowest BCUT2D eigenvalue weighted by molar-refractivity contribution is 0.267. The van der Waals surface area contributed by atoms with E-state index in [2.05, 4.69) is 56.7 Å². The van der Waals surface area contributed by atoms with E-state index in [4.69, 9.17) is 0 Å². The number of pyridine rings is 1. The topological polar surface area (TPSA) is 118 Å². The maximum absolute atomic E-state index is 12.9. The van der Waals surface area contributed by atoms with E-state index in [0.29, 0.717) is 28.2 Å². The van der Waals surface area contributed by atoms with E-state index >= 15 is 0 Å². The number of aliphatic hydroxyl groups is 1. The van der Waals surface area contributed by atoms with Crippen molar-refractivity contribution in [2.24, 2.45) is 0 Å². The largest absolute Gasteiger partial charge is 0.394 e. The number of hydrogen-bond acceptors (Lipinski definition) is 8. The number of nitrogens with one attached hydrogen (secondary N) is 2. The maximum Gasteiger partial charge on any atom is 0.277 e. The van der Waals surface area contributed by atoms with Gasteiger partial charge in [-0.3, -0.25) is 9.78 Å². The monoisotopic (exact) mass is 443 g/mol. The van der Waals surface area contributed by atoms with Crippen LogP contribution in [0.15, 0.2) is 53.6 Å². The van der Waals surface area contributed by atoms with E-state index in [1.165, 1.54) is 22.0 Å². The van der Waals surface area contributed by atoms with Crippen molar-refractivity contribution in [2.45, 2.75) is 32.4 Å². The van der Waals surface area contributed by atoms with E-state index in [1.54, 1.807) is 6.20 Å². The molecule has 0 radical (unpaired) electrons. The zero-order valence-electron chi connectivity index (χ0n) is 18.5. The van der Waals surface area contributed by atoms with Crippen LogP contribution in [-0.4, -0.2) is 43.0 Å². The summed E-state index contributed by atoms with van der Waals surface area (Å²) in [6.45, 7) is 6.09. The van der Waals surface area contributed by atoms with Gasteiger partial charge in [-0.05, 0) is 35.4 Å². The Morgan fingerprint density at radius 3 is 2.88 bits per heavy atom. The second-order valence-electron chi connectivity index (χ2n) is 8.76. The summed E-state index contributed by atoms with van der Waals surface area (Å²) in [6, 6.07) is 11.7. The normalized spacial score (nSPS) is 14.8. The lowest BCUT2D eigenvalue weighted by Gasteiger charge is -2.33. The minimum absolute atomic E-state index is 0.0727. The molecule has 0 amide bonds. The van der Waals surface area contributed by atoms with Crippen LogP contribution in [0.3, 0.4) is 0 Å². The summed E-state index contributed by atoms with van der Waals surface area (Å²) in [7, 11) is 0. The summed E-state index contributed by atoms with van der Waals surface area (Å²) in [5.74, 6) is 0.365. The zero-order chi connectivity index (χ0) is 23.0. The Labute approximate surface area is 190 Å². The SMILES string of the molecule is CC1(C)CNCc2cc(Nc3ncc4c(=O)n(CCO)nc(-c5ccccn5)c4n3)ccc21. The Morgan fingerprint density at radius 2 is 2.09 bits per heavy atom. The van der Waals surface area contributed by atoms with Gasteiger partial charge < -0.3 is 15.7 Å². The fourth-order valence-corrected chi connectivity index (χ4v) is 4.27. The van der Waals surface area contributed by atoms with Crippen LogP contribution in [0, 0.1) is 0 Å². The molecule has 0 fully saturated rings. The number of nitrogens with zero attached hydrogens (tertiary/aromatic N) is 5. The van der Waals surface area contributed by atoms with Gasteiger partial charge in [-0.25, -0.2) is 14.6 Å². The number of anilines is 2. The maximum atomic E-state index is 12.9. The molecule has 4 aromatic rings. The molecule has 0 bridgehead atoms. The van der Waals surface area contributed by atoms with Gasteiger partial charge in [0.1, 0.15) is 11.2 Å². The first kappa shape index (κ1) is 21.2. The second-order valence-corrected chi connectivity index (χ2v) is 8.76. The van der Waals surface area contributed by atoms with E-state index in [1.807, 2.05) is 24.3 Å². The molecule has 3 N–H and O–H groups in total. The number of rotatable bonds is 5. The third kappa shape index (κ3) is 3.96. The Hall–Kier alpha value is -3.69. The van der Waals surface area contributed by atoms with Crippen molar-refractivity contribution in [2.75, 3.05) is 18.5 Å². The Balaban J connectivity index is 1.58. The van der Waals surface area contributed by atoms with Crippen molar-refractivity contribution in [1.29, 1.82) is 0 Å². The Kier molecular flexibility index (Phi) is 5.35. The van der Waals surface area contributed by atoms with Gasteiger partial charge in [0.15, 0.2) is 0 Å². The molecule has 168 valence electrons. The van der Waals surface area contributed by atoms with Gasteiger partial charge in [0.25, 0.3) is 5.56 Å². The molecule has 9 nitrogen and oxygen atoms in total. The minimum atomic E-state index is -0.354. The van der Waals surface area contributed by atoms with Gasteiger partial charge in [-0.2, -0.15) is 5.10 Å². The smallest absolute Gasteiger partial charge is 0.277 e. The highest BCUT2D eigenvalue weighted by Crippen LogP contribution is 2.32. The average molecular weight is 444 g/mol. The number of hydrogen-bond donors (Lipinski definition) is 3. The summed E-state index contributed by atoms with van der Waals surface area (Å²) in [6.07, 6.45) is 3.16. The summed E-state index contributed by atoms with van der Waals surface area (Å²) in [5, 5.41) is 20.8. The highest BCUT2D eigenvalue weighted by molar-refractivity contribution is 5.89. The van der Waals surface area contributed by atoms with Crippen LogP contribution < -0.4 is 16.2 Å². The molecule has 0 atom stereocenters. The third-order valence-corrected chi connectivity index (χ3v) is 5.89. The van der Waals surface area contributed by atoms with Crippen molar-refractivity contribution >= 4 is 22.5 Å². The summed E-state index contributed by atoms with van der Waals surface area (Å²) < 4.78 is 1.22. The van der Waals surface area contributed by atoms with Gasteiger partial charge >= 0.3 is 0 Å². The minimum Gasteiger partial charge on any atom is -0.394 e. The molecule has 5 rings (SSSR count). The van der Waals surface area contributed by atoms with E-state index < -0.39 is 0 Å². The molecule has 9 heteroatoms. The quantitative estimate of drug-likeness (QED) is 0.430. The summed E-state index contributed by atoms with van der Waals surface area (Å²) in [5.41, 5.74) is 4.61. The van der Waals surface area contributed by atoms with Crippen LogP contribution in [0.1, 0.15) is 25.0 Å². The molecule has 1 aliphatic heterocycles. The fraction of sp³-hybridized carbons (Fsp3) is 0.292. The number of benzene rings is 1. The van der Waals surface area contributed by atoms with E-state index in [9.17, 15) is 9.90 Å². The molecule has 1 aliphatic rings. The van der Waals surface area contributed by atoms with Crippen LogP contribution >= 0.6 is 0 Å². The van der Waals surface area contributed by atoms with E-state index in [-0.39, 0.29) is 24.1 Å². The highest BCUT2D eigenvalue weighted by atomic mass is 16.3. The molecule has 0 saturated carbocycles. The molecular weight excluding hydrogens is 418 g/mol. The van der Waals surface area contributed by atoms with Crippen LogP contribution in [-0.2, 0) is 18.5 Å². The predicted molar refractivity (Wildman–Crippen MR) is 126 cm³/mol. The Morgan fingerprint density at radius 1 is 1.21 bits per heavy atom. The van der Waals surface area contributed by atoms with Crippen molar-refractivity contribution < 1.29 is 5.11 Å². The molecule has 1 aromatic carbocycles. The molecule has 33 heavy (non-hydrogen) atoms. The molecule has 3 aromatic heterocycles. The van der Waals surface area contributed by atoms with Gasteiger partial charge in [-0.15, -0.1) is 0 Å². The second kappa shape index (κ2) is 8.34. The number of aliphatic hydroxyl groups excluding tert-OH is 1. The number of aromatic nitrogens is 5. The van der Waals surface area contributed by atoms with E-state index in [0.717, 1.165) is 18.8 Å². The first-order valence-electron chi connectivity index (χ1n) is 10.9. The fourth-order valence-electron chi connectivity index (χ4n) is 4.27. The van der Waals surface area contributed by atoms with Gasteiger partial charge in [0, 0.05) is 36.6 Å². The summed E-state index contributed by atoms with van der Waals surface area (Å²) in [4.78, 5) is 26.2. The summed E-state index contributed by atoms with van der Waals surface area (Å²) >= 11 is 0. The van der Waals surface area contributed by atoms with Crippen LogP contribution in [0.25, 0.3) is 22.3 Å². The third-order valence-electron chi connectivity index (χ3n) is 5.89. The van der Waals surface area contributed by atoms with Crippen molar-refractivity contribution in [3.05, 3.63) is 70.3 Å². The average Bonchev–Trinajstić information content (AvgIpc) is 2.81. The van der Waals surface area contributed by atoms with Crippen LogP contribution in [0.5, 0.6) is 0 Å². The molecule has 0 aliphatic carbocycles. The van der Waals surface area contributed by atoms with Crippen molar-refractivity contribution in [1.82, 2.24) is 30.0 Å². The lowest BCUT2D eigenvalue weighted by atomic mass is 9.79. The van der Waals surface area contributed by atoms with Gasteiger partial charge in [-0.1, -0.05) is 26.0 Å². The van der Waals surface area contributed by atoms with Crippen LogP contribution in [0.4, 0.5) is 11.6 Å². The van der Waals surface area contributed by atoms with Crippen molar-refractivity contribution in [3.8, 4) is 11.4 Å². The standard InChI is InChI=1S/C24H25N7O2/c1-24(2)14-25-12-15-11-16(6-7-18(15)24)28-23-27-13-17-20(29-23)21(19-5-3-4-8-26-19)30-31(9-10-32)22(17)33/h3-8,11,13,25,32H,9-10,12,14H2,1-2H3,(H,27,28,29). The molecule has 0 unspecified atom stereocenters. The first-order chi connectivity index (χ1) is 16.0. The van der Waals surface area contributed by atoms with Gasteiger partial charge in [0.2, 0.25) is 5.95 Å². The first-order valence-corrected chi connectivity index (χ1v) is 10.9. The van der Waals surface area contributed by atoms with Gasteiger partial charge in [0.05, 0.1) is 24.2 Å².